The number of amides is 2. The number of ketones is 1. The molecule has 1 saturated heterocycles. The monoisotopic (exact) mass is 546 g/mol. The number of carbonyl (C=O) groups excluding carboxylic acids is 3. The van der Waals surface area contributed by atoms with E-state index < -0.39 is 28.4 Å². The number of nitrogens with one attached hydrogen (secondary N) is 1. The Labute approximate surface area is 222 Å². The molecule has 2 aliphatic rings. The van der Waals surface area contributed by atoms with Gasteiger partial charge in [-0.3, -0.25) is 19.1 Å². The third-order valence-electron chi connectivity index (χ3n) is 6.83. The Hall–Kier alpha value is -3.11. The Morgan fingerprint density at radius 2 is 1.89 bits per heavy atom. The molecule has 37 heavy (non-hydrogen) atoms. The van der Waals surface area contributed by atoms with E-state index in [1.165, 1.54) is 16.5 Å². The molecule has 3 aromatic rings. The summed E-state index contributed by atoms with van der Waals surface area (Å²) in [4.78, 5) is 48.0. The van der Waals surface area contributed by atoms with Crippen molar-refractivity contribution in [1.29, 1.82) is 0 Å². The normalized spacial score (nSPS) is 22.3. The zero-order valence-corrected chi connectivity index (χ0v) is 21.8. The molecule has 3 atom stereocenters. The Bertz CT molecular complexity index is 1390. The van der Waals surface area contributed by atoms with Gasteiger partial charge in [0.05, 0.1) is 12.1 Å². The smallest absolute Gasteiger partial charge is 0.245 e. The molecule has 1 aliphatic carbocycles. The number of hydrogen-bond acceptors (Lipinski definition) is 6. The van der Waals surface area contributed by atoms with Gasteiger partial charge < -0.3 is 10.2 Å². The molecule has 2 fully saturated rings. The van der Waals surface area contributed by atoms with Crippen LogP contribution < -0.4 is 5.32 Å². The first kappa shape index (κ1) is 25.5. The third-order valence-corrected chi connectivity index (χ3v) is 7.76. The SMILES string of the molecule is CC(=O)c1nn(CC(=O)N2C[C@H](F)C[C@H]2C(=O)NC[C@H]2CC2(Cl)Cl)c2ccc(-c3cnc(C)nc3)cc12. The second kappa shape index (κ2) is 9.64. The number of rotatable bonds is 7. The highest BCUT2D eigenvalue weighted by Gasteiger charge is 2.51. The molecule has 12 heteroatoms. The quantitative estimate of drug-likeness (QED) is 0.359. The van der Waals surface area contributed by atoms with Crippen LogP contribution in [0.3, 0.4) is 0 Å². The summed E-state index contributed by atoms with van der Waals surface area (Å²) in [6.45, 7) is 3.02. The van der Waals surface area contributed by atoms with Crippen LogP contribution in [-0.2, 0) is 16.1 Å². The van der Waals surface area contributed by atoms with Crippen LogP contribution in [0.2, 0.25) is 0 Å². The minimum absolute atomic E-state index is 0.0664. The number of nitrogens with zero attached hydrogens (tertiary/aromatic N) is 5. The second-order valence-electron chi connectivity index (χ2n) is 9.62. The van der Waals surface area contributed by atoms with Gasteiger partial charge >= 0.3 is 0 Å². The lowest BCUT2D eigenvalue weighted by Crippen LogP contribution is -2.47. The maximum Gasteiger partial charge on any atom is 0.245 e. The van der Waals surface area contributed by atoms with E-state index in [0.29, 0.717) is 23.1 Å². The number of alkyl halides is 3. The van der Waals surface area contributed by atoms with Crippen LogP contribution in [0.25, 0.3) is 22.0 Å². The number of fused-ring (bicyclic) bond motifs is 1. The number of carbonyl (C=O) groups is 3. The molecule has 9 nitrogen and oxygen atoms in total. The molecule has 194 valence electrons. The van der Waals surface area contributed by atoms with Gasteiger partial charge in [-0.05, 0) is 31.0 Å². The summed E-state index contributed by atoms with van der Waals surface area (Å²) < 4.78 is 14.9. The van der Waals surface area contributed by atoms with Gasteiger partial charge in [-0.2, -0.15) is 5.10 Å². The molecule has 2 aromatic heterocycles. The molecular formula is C25H25Cl2FN6O3. The van der Waals surface area contributed by atoms with Gasteiger partial charge in [-0.25, -0.2) is 14.4 Å². The fourth-order valence-electron chi connectivity index (χ4n) is 4.64. The minimum Gasteiger partial charge on any atom is -0.354 e. The molecule has 0 radical (unpaired) electrons. The van der Waals surface area contributed by atoms with Crippen molar-refractivity contribution in [3.63, 3.8) is 0 Å². The van der Waals surface area contributed by atoms with Crippen LogP contribution in [0.1, 0.15) is 36.1 Å². The highest BCUT2D eigenvalue weighted by Crippen LogP contribution is 2.52. The number of benzene rings is 1. The Morgan fingerprint density at radius 3 is 2.54 bits per heavy atom. The van der Waals surface area contributed by atoms with E-state index >= 15 is 0 Å². The maximum atomic E-state index is 14.3. The minimum atomic E-state index is -1.32. The standard InChI is InChI=1S/C25H25Cl2FN6O3/c1-13(35)23-19-5-15(16-8-29-14(2)30-9-16)3-4-20(19)34(32-23)12-22(36)33-11-18(28)6-21(33)24(37)31-10-17-7-25(17,26)27/h3-5,8-9,17-18,21H,6-7,10-12H2,1-2H3,(H,31,37)/t17-,18-,21+/m1/s1. The molecule has 1 aliphatic heterocycles. The molecule has 5 rings (SSSR count). The van der Waals surface area contributed by atoms with Crippen LogP contribution >= 0.6 is 23.2 Å². The van der Waals surface area contributed by atoms with Gasteiger partial charge in [-0.1, -0.05) is 6.07 Å². The van der Waals surface area contributed by atoms with Crippen molar-refractivity contribution in [2.45, 2.75) is 49.8 Å². The number of aromatic nitrogens is 4. The molecule has 0 unspecified atom stereocenters. The van der Waals surface area contributed by atoms with E-state index in [1.54, 1.807) is 25.4 Å². The second-order valence-corrected chi connectivity index (χ2v) is 11.2. The predicted molar refractivity (Wildman–Crippen MR) is 136 cm³/mol. The first-order valence-electron chi connectivity index (χ1n) is 11.9. The number of likely N-dealkylation sites (tertiary alicyclic amines) is 1. The summed E-state index contributed by atoms with van der Waals surface area (Å²) in [5.74, 6) is -0.590. The van der Waals surface area contributed by atoms with Crippen LogP contribution in [0, 0.1) is 12.8 Å². The number of Topliss-reactive ketones (excluding diaryl/α,β-unsaturated/α-hetero) is 1. The van der Waals surface area contributed by atoms with E-state index in [2.05, 4.69) is 20.4 Å². The molecule has 2 amide bonds. The Morgan fingerprint density at radius 1 is 1.19 bits per heavy atom. The fraction of sp³-hybridized carbons (Fsp3) is 0.440. The summed E-state index contributed by atoms with van der Waals surface area (Å²) in [7, 11) is 0. The van der Waals surface area contributed by atoms with Gasteiger partial charge in [0, 0.05) is 49.2 Å². The molecule has 0 bridgehead atoms. The summed E-state index contributed by atoms with van der Waals surface area (Å²) >= 11 is 12.0. The van der Waals surface area contributed by atoms with E-state index in [-0.39, 0.29) is 43.5 Å². The van der Waals surface area contributed by atoms with Gasteiger partial charge in [0.15, 0.2) is 5.78 Å². The summed E-state index contributed by atoms with van der Waals surface area (Å²) in [5, 5.41) is 7.70. The first-order chi connectivity index (χ1) is 17.5. The van der Waals surface area contributed by atoms with E-state index in [0.717, 1.165) is 11.1 Å². The number of aryl methyl sites for hydroxylation is 1. The summed E-state index contributed by atoms with van der Waals surface area (Å²) in [6.07, 6.45) is 2.55. The predicted octanol–water partition coefficient (Wildman–Crippen LogP) is 3.25. The topological polar surface area (TPSA) is 110 Å². The molecule has 1 saturated carbocycles. The van der Waals surface area contributed by atoms with E-state index in [1.807, 2.05) is 12.1 Å². The Kier molecular flexibility index (Phi) is 6.66. The third kappa shape index (κ3) is 5.17. The van der Waals surface area contributed by atoms with Crippen LogP contribution in [-0.4, -0.2) is 71.9 Å². The molecule has 0 spiro atoms. The highest BCUT2D eigenvalue weighted by molar-refractivity contribution is 6.50. The lowest BCUT2D eigenvalue weighted by Gasteiger charge is -2.23. The summed E-state index contributed by atoms with van der Waals surface area (Å²) in [6, 6.07) is 4.47. The van der Waals surface area contributed by atoms with Gasteiger partial charge in [-0.15, -0.1) is 23.2 Å². The van der Waals surface area contributed by atoms with Crippen molar-refractivity contribution in [3.8, 4) is 11.1 Å². The average molecular weight is 547 g/mol. The van der Waals surface area contributed by atoms with Gasteiger partial charge in [0.25, 0.3) is 0 Å². The van der Waals surface area contributed by atoms with Crippen molar-refractivity contribution in [2.24, 2.45) is 5.92 Å². The van der Waals surface area contributed by atoms with Gasteiger partial charge in [0.2, 0.25) is 11.8 Å². The highest BCUT2D eigenvalue weighted by atomic mass is 35.5. The zero-order chi connectivity index (χ0) is 26.5. The van der Waals surface area contributed by atoms with Crippen molar-refractivity contribution in [3.05, 3.63) is 42.1 Å². The lowest BCUT2D eigenvalue weighted by molar-refractivity contribution is -0.139. The maximum absolute atomic E-state index is 14.3. The average Bonchev–Trinajstić information content (AvgIpc) is 3.15. The molecule has 1 N–H and O–H groups in total. The lowest BCUT2D eigenvalue weighted by atomic mass is 10.0. The molecular weight excluding hydrogens is 522 g/mol. The van der Waals surface area contributed by atoms with Gasteiger partial charge in [0.1, 0.15) is 34.6 Å². The van der Waals surface area contributed by atoms with Crippen molar-refractivity contribution in [1.82, 2.24) is 30.0 Å². The number of hydrogen-bond donors (Lipinski definition) is 1. The fourth-order valence-corrected chi connectivity index (χ4v) is 5.17. The van der Waals surface area contributed by atoms with Crippen molar-refractivity contribution >= 4 is 51.7 Å². The largest absolute Gasteiger partial charge is 0.354 e. The van der Waals surface area contributed by atoms with E-state index in [4.69, 9.17) is 23.2 Å². The van der Waals surface area contributed by atoms with Crippen molar-refractivity contribution < 1.29 is 18.8 Å². The summed E-state index contributed by atoms with van der Waals surface area (Å²) in [5.41, 5.74) is 2.36. The molecule has 3 heterocycles. The van der Waals surface area contributed by atoms with Crippen LogP contribution in [0.15, 0.2) is 30.6 Å². The molecule has 1 aromatic carbocycles. The van der Waals surface area contributed by atoms with Crippen molar-refractivity contribution in [2.75, 3.05) is 13.1 Å². The zero-order valence-electron chi connectivity index (χ0n) is 20.2. The number of halogens is 3. The van der Waals surface area contributed by atoms with E-state index in [9.17, 15) is 18.8 Å². The first-order valence-corrected chi connectivity index (χ1v) is 12.7. The van der Waals surface area contributed by atoms with Crippen LogP contribution in [0.4, 0.5) is 4.39 Å². The Balaban J connectivity index is 1.37. The van der Waals surface area contributed by atoms with Crippen LogP contribution in [0.5, 0.6) is 0 Å².